The van der Waals surface area contributed by atoms with Gasteiger partial charge in [-0.2, -0.15) is 0 Å². The van der Waals surface area contributed by atoms with Gasteiger partial charge in [-0.3, -0.25) is 4.79 Å². The van der Waals surface area contributed by atoms with Crippen molar-refractivity contribution in [1.82, 2.24) is 0 Å². The molecule has 2 rings (SSSR count). The van der Waals surface area contributed by atoms with Crippen LogP contribution < -0.4 is 4.74 Å². The molecule has 2 atom stereocenters. The smallest absolute Gasteiger partial charge is 0.303 e. The molecule has 1 fully saturated rings. The Bertz CT molecular complexity index is 569. The van der Waals surface area contributed by atoms with E-state index >= 15 is 0 Å². The summed E-state index contributed by atoms with van der Waals surface area (Å²) in [5, 5.41) is 0. The van der Waals surface area contributed by atoms with Crippen molar-refractivity contribution in [2.45, 2.75) is 38.6 Å². The maximum absolute atomic E-state index is 12.8. The van der Waals surface area contributed by atoms with Crippen LogP contribution >= 0.6 is 0 Å². The summed E-state index contributed by atoms with van der Waals surface area (Å²) in [6, 6.07) is 5.58. The van der Waals surface area contributed by atoms with E-state index in [2.05, 4.69) is 11.8 Å². The lowest BCUT2D eigenvalue weighted by atomic mass is 10.2. The number of carbonyl (C=O) groups is 1. The highest BCUT2D eigenvalue weighted by Crippen LogP contribution is 2.13. The Morgan fingerprint density at radius 1 is 1.38 bits per heavy atom. The molecule has 130 valence electrons. The predicted octanol–water partition coefficient (Wildman–Crippen LogP) is 2.68. The molecule has 1 aliphatic rings. The Morgan fingerprint density at radius 3 is 2.83 bits per heavy atom. The quantitative estimate of drug-likeness (QED) is 0.590. The van der Waals surface area contributed by atoms with Gasteiger partial charge in [-0.15, -0.1) is 0 Å². The van der Waals surface area contributed by atoms with Crippen LogP contribution in [0.1, 0.15) is 26.2 Å². The van der Waals surface area contributed by atoms with E-state index in [-0.39, 0.29) is 25.3 Å². The van der Waals surface area contributed by atoms with Crippen molar-refractivity contribution in [3.63, 3.8) is 0 Å². The second-order valence-electron chi connectivity index (χ2n) is 5.29. The SMILES string of the molecule is CC(=O)O[C@@H](C#CCO[C@@H]1CCCCO1)COc1ccc(F)cc1. The number of carbonyl (C=O) groups excluding carboxylic acids is 1. The molecule has 1 aliphatic heterocycles. The average Bonchev–Trinajstić information content (AvgIpc) is 2.58. The first kappa shape index (κ1) is 18.2. The Kier molecular flexibility index (Phi) is 7.53. The lowest BCUT2D eigenvalue weighted by Gasteiger charge is -2.21. The average molecular weight is 336 g/mol. The van der Waals surface area contributed by atoms with Crippen LogP contribution in [-0.2, 0) is 19.0 Å². The van der Waals surface area contributed by atoms with Gasteiger partial charge in [-0.25, -0.2) is 4.39 Å². The Morgan fingerprint density at radius 2 is 2.17 bits per heavy atom. The number of hydrogen-bond acceptors (Lipinski definition) is 5. The summed E-state index contributed by atoms with van der Waals surface area (Å²) in [6.45, 7) is 2.26. The largest absolute Gasteiger partial charge is 0.489 e. The third-order valence-electron chi connectivity index (χ3n) is 3.27. The van der Waals surface area contributed by atoms with Crippen molar-refractivity contribution in [3.8, 4) is 17.6 Å². The first-order chi connectivity index (χ1) is 11.6. The molecule has 1 aromatic carbocycles. The van der Waals surface area contributed by atoms with Crippen LogP contribution in [0.2, 0.25) is 0 Å². The van der Waals surface area contributed by atoms with Crippen LogP contribution in [0.25, 0.3) is 0 Å². The van der Waals surface area contributed by atoms with Crippen molar-refractivity contribution in [2.75, 3.05) is 19.8 Å². The zero-order valence-corrected chi connectivity index (χ0v) is 13.6. The van der Waals surface area contributed by atoms with Gasteiger partial charge in [-0.1, -0.05) is 11.8 Å². The molecule has 1 aromatic rings. The van der Waals surface area contributed by atoms with E-state index in [1.54, 1.807) is 0 Å². The summed E-state index contributed by atoms with van der Waals surface area (Å²) in [4.78, 5) is 11.1. The van der Waals surface area contributed by atoms with Crippen molar-refractivity contribution >= 4 is 5.97 Å². The Labute approximate surface area is 141 Å². The summed E-state index contributed by atoms with van der Waals surface area (Å²) >= 11 is 0. The molecule has 1 heterocycles. The van der Waals surface area contributed by atoms with Gasteiger partial charge in [0.25, 0.3) is 0 Å². The van der Waals surface area contributed by atoms with E-state index < -0.39 is 12.1 Å². The molecule has 0 radical (unpaired) electrons. The number of hydrogen-bond donors (Lipinski definition) is 0. The van der Waals surface area contributed by atoms with Crippen LogP contribution in [0.5, 0.6) is 5.75 Å². The van der Waals surface area contributed by atoms with Crippen LogP contribution in [-0.4, -0.2) is 38.2 Å². The number of rotatable bonds is 6. The zero-order chi connectivity index (χ0) is 17.2. The second-order valence-corrected chi connectivity index (χ2v) is 5.29. The fourth-order valence-electron chi connectivity index (χ4n) is 2.14. The fourth-order valence-corrected chi connectivity index (χ4v) is 2.14. The number of ether oxygens (including phenoxy) is 4. The molecule has 0 N–H and O–H groups in total. The summed E-state index contributed by atoms with van der Waals surface area (Å²) in [7, 11) is 0. The van der Waals surface area contributed by atoms with Crippen LogP contribution in [0.15, 0.2) is 24.3 Å². The normalized spacial score (nSPS) is 18.2. The van der Waals surface area contributed by atoms with Crippen LogP contribution in [0.3, 0.4) is 0 Å². The molecular formula is C18H21FO5. The fraction of sp³-hybridized carbons (Fsp3) is 0.500. The van der Waals surface area contributed by atoms with Gasteiger partial charge in [0.1, 0.15) is 24.8 Å². The number of halogens is 1. The third kappa shape index (κ3) is 6.99. The van der Waals surface area contributed by atoms with Gasteiger partial charge in [0.15, 0.2) is 12.4 Å². The molecule has 0 bridgehead atoms. The van der Waals surface area contributed by atoms with Crippen LogP contribution in [0.4, 0.5) is 4.39 Å². The molecule has 24 heavy (non-hydrogen) atoms. The molecular weight excluding hydrogens is 315 g/mol. The highest BCUT2D eigenvalue weighted by atomic mass is 19.1. The van der Waals surface area contributed by atoms with Gasteiger partial charge in [-0.05, 0) is 43.5 Å². The van der Waals surface area contributed by atoms with Gasteiger partial charge in [0.05, 0.1) is 0 Å². The van der Waals surface area contributed by atoms with Crippen molar-refractivity contribution < 1.29 is 28.1 Å². The van der Waals surface area contributed by atoms with Gasteiger partial charge in [0, 0.05) is 13.5 Å². The van der Waals surface area contributed by atoms with Crippen molar-refractivity contribution in [3.05, 3.63) is 30.1 Å². The maximum Gasteiger partial charge on any atom is 0.303 e. The van der Waals surface area contributed by atoms with E-state index in [0.29, 0.717) is 12.4 Å². The van der Waals surface area contributed by atoms with Crippen molar-refractivity contribution in [1.29, 1.82) is 0 Å². The molecule has 1 saturated heterocycles. The molecule has 5 nitrogen and oxygen atoms in total. The molecule has 0 unspecified atom stereocenters. The van der Waals surface area contributed by atoms with Crippen LogP contribution in [0, 0.1) is 17.7 Å². The van der Waals surface area contributed by atoms with Gasteiger partial charge >= 0.3 is 5.97 Å². The first-order valence-corrected chi connectivity index (χ1v) is 7.90. The maximum atomic E-state index is 12.8. The minimum atomic E-state index is -0.719. The standard InChI is InChI=1S/C18H21FO5/c1-14(20)24-17(13-23-16-9-7-15(19)8-10-16)5-4-12-22-18-6-2-3-11-21-18/h7-10,17-18H,2-3,6,11-13H2,1H3/t17-,18+/m0/s1. The minimum Gasteiger partial charge on any atom is -0.489 e. The number of esters is 1. The Balaban J connectivity index is 1.80. The van der Waals surface area contributed by atoms with E-state index in [1.807, 2.05) is 0 Å². The molecule has 0 aliphatic carbocycles. The van der Waals surface area contributed by atoms with Crippen molar-refractivity contribution in [2.24, 2.45) is 0 Å². The Hall–Kier alpha value is -2.10. The number of benzene rings is 1. The lowest BCUT2D eigenvalue weighted by Crippen LogP contribution is -2.23. The second kappa shape index (κ2) is 9.91. The zero-order valence-electron chi connectivity index (χ0n) is 13.6. The highest BCUT2D eigenvalue weighted by Gasteiger charge is 2.13. The summed E-state index contributed by atoms with van der Waals surface area (Å²) in [5.74, 6) is 5.29. The summed E-state index contributed by atoms with van der Waals surface area (Å²) < 4.78 is 34.3. The molecule has 0 spiro atoms. The molecule has 0 aromatic heterocycles. The predicted molar refractivity (Wildman–Crippen MR) is 84.8 cm³/mol. The summed E-state index contributed by atoms with van der Waals surface area (Å²) in [5.41, 5.74) is 0. The van der Waals surface area contributed by atoms with Gasteiger partial charge < -0.3 is 18.9 Å². The molecule has 0 saturated carbocycles. The van der Waals surface area contributed by atoms with E-state index in [1.165, 1.54) is 31.2 Å². The molecule has 6 heteroatoms. The molecule has 0 amide bonds. The monoisotopic (exact) mass is 336 g/mol. The van der Waals surface area contributed by atoms with E-state index in [0.717, 1.165) is 19.3 Å². The third-order valence-corrected chi connectivity index (χ3v) is 3.27. The minimum absolute atomic E-state index is 0.0537. The topological polar surface area (TPSA) is 54.0 Å². The summed E-state index contributed by atoms with van der Waals surface area (Å²) in [6.07, 6.45) is 2.07. The first-order valence-electron chi connectivity index (χ1n) is 7.90. The van der Waals surface area contributed by atoms with Gasteiger partial charge in [0.2, 0.25) is 0 Å². The highest BCUT2D eigenvalue weighted by molar-refractivity contribution is 5.66. The lowest BCUT2D eigenvalue weighted by molar-refractivity contribution is -0.154. The van der Waals surface area contributed by atoms with E-state index in [4.69, 9.17) is 18.9 Å². The van der Waals surface area contributed by atoms with E-state index in [9.17, 15) is 9.18 Å².